The lowest BCUT2D eigenvalue weighted by Crippen LogP contribution is -2.18. The first-order valence-electron chi connectivity index (χ1n) is 3.71. The summed E-state index contributed by atoms with van der Waals surface area (Å²) < 4.78 is 4.64. The summed E-state index contributed by atoms with van der Waals surface area (Å²) in [5.41, 5.74) is 0.927. The van der Waals surface area contributed by atoms with E-state index in [1.54, 1.807) is 0 Å². The van der Waals surface area contributed by atoms with Crippen LogP contribution in [0.4, 0.5) is 0 Å². The predicted octanol–water partition coefficient (Wildman–Crippen LogP) is 0.408. The summed E-state index contributed by atoms with van der Waals surface area (Å²) in [4.78, 5) is 11.1. The van der Waals surface area contributed by atoms with Crippen molar-refractivity contribution in [3.63, 3.8) is 0 Å². The number of carbonyl (C=O) groups is 1. The van der Waals surface area contributed by atoms with Gasteiger partial charge in [0.05, 0.1) is 0 Å². The molecule has 1 N–H and O–H groups in total. The summed E-state index contributed by atoms with van der Waals surface area (Å²) in [6, 6.07) is 9.14. The number of carbonyl (C=O) groups excluding carboxylic acids is 1. The molecule has 1 aliphatic rings. The summed E-state index contributed by atoms with van der Waals surface area (Å²) >= 11 is 0. The predicted molar refractivity (Wildman–Crippen MR) is 44.2 cm³/mol. The van der Waals surface area contributed by atoms with Gasteiger partial charge in [0.2, 0.25) is 0 Å². The van der Waals surface area contributed by atoms with Crippen molar-refractivity contribution in [2.24, 2.45) is 0 Å². The highest BCUT2D eigenvalue weighted by molar-refractivity contribution is 6.31. The minimum absolute atomic E-state index is 0.249. The van der Waals surface area contributed by atoms with Crippen LogP contribution in [0.1, 0.15) is 11.6 Å². The van der Waals surface area contributed by atoms with Crippen molar-refractivity contribution in [2.45, 2.75) is 6.04 Å². The Balaban J connectivity index is 2.25. The molecule has 1 radical (unpaired) electrons. The van der Waals surface area contributed by atoms with Gasteiger partial charge >= 0.3 is 13.6 Å². The Bertz CT molecular complexity index is 288. The zero-order valence-corrected chi connectivity index (χ0v) is 6.36. The van der Waals surface area contributed by atoms with Crippen LogP contribution >= 0.6 is 0 Å². The lowest BCUT2D eigenvalue weighted by Gasteiger charge is -2.05. The van der Waals surface area contributed by atoms with Crippen molar-refractivity contribution in [1.29, 1.82) is 0 Å². The Labute approximate surface area is 71.0 Å². The number of nitrogens with one attached hydrogen (secondary N) is 1. The molecule has 3 nitrogen and oxygen atoms in total. The molecule has 1 aromatic carbocycles. The highest BCUT2D eigenvalue weighted by Gasteiger charge is 2.28. The van der Waals surface area contributed by atoms with Crippen molar-refractivity contribution in [2.75, 3.05) is 0 Å². The molecule has 0 bridgehead atoms. The molecule has 1 saturated heterocycles. The SMILES string of the molecule is O=C1O[B]N[C@H]1c1ccccc1. The standard InChI is InChI=1S/C8H7BNO2/c11-8-7(10-9-12-8)6-4-2-1-3-5-6/h1-5,7,10H/t7-/m0/s1. The van der Waals surface area contributed by atoms with Gasteiger partial charge in [0.1, 0.15) is 6.04 Å². The molecular weight excluding hydrogens is 153 g/mol. The van der Waals surface area contributed by atoms with E-state index in [4.69, 9.17) is 0 Å². The third kappa shape index (κ3) is 1.21. The number of rotatable bonds is 1. The van der Waals surface area contributed by atoms with E-state index in [-0.39, 0.29) is 12.0 Å². The van der Waals surface area contributed by atoms with Gasteiger partial charge in [-0.15, -0.1) is 0 Å². The minimum Gasteiger partial charge on any atom is -0.520 e. The minimum atomic E-state index is -0.328. The summed E-state index contributed by atoms with van der Waals surface area (Å²) in [7, 11) is 1.32. The molecule has 12 heavy (non-hydrogen) atoms. The van der Waals surface area contributed by atoms with Crippen LogP contribution in [0.25, 0.3) is 0 Å². The smallest absolute Gasteiger partial charge is 0.480 e. The van der Waals surface area contributed by atoms with Gasteiger partial charge in [-0.05, 0) is 5.56 Å². The van der Waals surface area contributed by atoms with Gasteiger partial charge in [0.15, 0.2) is 0 Å². The lowest BCUT2D eigenvalue weighted by atomic mass is 10.1. The Morgan fingerprint density at radius 1 is 1.33 bits per heavy atom. The topological polar surface area (TPSA) is 38.3 Å². The molecule has 0 unspecified atom stereocenters. The van der Waals surface area contributed by atoms with E-state index in [1.807, 2.05) is 30.3 Å². The molecular formula is C8H7BNO2. The van der Waals surface area contributed by atoms with Gasteiger partial charge < -0.3 is 9.88 Å². The summed E-state index contributed by atoms with van der Waals surface area (Å²) in [5.74, 6) is -0.249. The molecule has 4 heteroatoms. The maximum atomic E-state index is 11.1. The number of hydrogen-bond donors (Lipinski definition) is 1. The van der Waals surface area contributed by atoms with Gasteiger partial charge in [-0.2, -0.15) is 0 Å². The zero-order valence-electron chi connectivity index (χ0n) is 6.36. The molecule has 59 valence electrons. The molecule has 0 spiro atoms. The summed E-state index contributed by atoms with van der Waals surface area (Å²) in [5, 5.41) is 2.83. The second-order valence-corrected chi connectivity index (χ2v) is 2.57. The fourth-order valence-electron chi connectivity index (χ4n) is 1.17. The third-order valence-electron chi connectivity index (χ3n) is 1.78. The Kier molecular flexibility index (Phi) is 1.83. The Morgan fingerprint density at radius 2 is 2.08 bits per heavy atom. The van der Waals surface area contributed by atoms with Gasteiger partial charge in [-0.1, -0.05) is 30.3 Å². The fourth-order valence-corrected chi connectivity index (χ4v) is 1.17. The third-order valence-corrected chi connectivity index (χ3v) is 1.78. The van der Waals surface area contributed by atoms with E-state index < -0.39 is 0 Å². The van der Waals surface area contributed by atoms with Crippen molar-refractivity contribution < 1.29 is 9.45 Å². The Hall–Kier alpha value is -1.29. The van der Waals surface area contributed by atoms with E-state index in [0.717, 1.165) is 5.56 Å². The van der Waals surface area contributed by atoms with Crippen molar-refractivity contribution in [1.82, 2.24) is 5.23 Å². The van der Waals surface area contributed by atoms with Crippen LogP contribution in [0.5, 0.6) is 0 Å². The van der Waals surface area contributed by atoms with Crippen LogP contribution < -0.4 is 5.23 Å². The molecule has 1 fully saturated rings. The van der Waals surface area contributed by atoms with Crippen LogP contribution in [0, 0.1) is 0 Å². The first-order chi connectivity index (χ1) is 5.88. The van der Waals surface area contributed by atoms with Gasteiger partial charge in [-0.3, -0.25) is 4.79 Å². The molecule has 0 aliphatic carbocycles. The van der Waals surface area contributed by atoms with E-state index in [2.05, 4.69) is 9.88 Å². The molecule has 1 aliphatic heterocycles. The normalized spacial score (nSPS) is 21.7. The van der Waals surface area contributed by atoms with Crippen molar-refractivity contribution in [3.05, 3.63) is 35.9 Å². The van der Waals surface area contributed by atoms with E-state index in [0.29, 0.717) is 0 Å². The zero-order chi connectivity index (χ0) is 8.39. The summed E-state index contributed by atoms with van der Waals surface area (Å²) in [6.07, 6.45) is 0. The molecule has 1 aromatic rings. The van der Waals surface area contributed by atoms with E-state index in [9.17, 15) is 4.79 Å². The van der Waals surface area contributed by atoms with Gasteiger partial charge in [-0.25, -0.2) is 0 Å². The lowest BCUT2D eigenvalue weighted by molar-refractivity contribution is -0.133. The monoisotopic (exact) mass is 160 g/mol. The average Bonchev–Trinajstić information content (AvgIpc) is 2.53. The molecule has 1 heterocycles. The maximum Gasteiger partial charge on any atom is 0.480 e. The summed E-state index contributed by atoms with van der Waals surface area (Å²) in [6.45, 7) is 0. The van der Waals surface area contributed by atoms with Gasteiger partial charge in [0.25, 0.3) is 0 Å². The molecule has 0 amide bonds. The second-order valence-electron chi connectivity index (χ2n) is 2.57. The number of benzene rings is 1. The highest BCUT2D eigenvalue weighted by atomic mass is 16.5. The highest BCUT2D eigenvalue weighted by Crippen LogP contribution is 2.16. The van der Waals surface area contributed by atoms with Gasteiger partial charge in [0, 0.05) is 0 Å². The fraction of sp³-hybridized carbons (Fsp3) is 0.125. The van der Waals surface area contributed by atoms with Crippen LogP contribution in [0.15, 0.2) is 30.3 Å². The largest absolute Gasteiger partial charge is 0.520 e. The molecule has 2 rings (SSSR count). The van der Waals surface area contributed by atoms with Crippen LogP contribution in [-0.4, -0.2) is 13.6 Å². The molecule has 1 atom stereocenters. The number of hydrogen-bond acceptors (Lipinski definition) is 3. The van der Waals surface area contributed by atoms with Crippen LogP contribution in [0.2, 0.25) is 0 Å². The second kappa shape index (κ2) is 2.99. The Morgan fingerprint density at radius 3 is 2.67 bits per heavy atom. The van der Waals surface area contributed by atoms with E-state index >= 15 is 0 Å². The van der Waals surface area contributed by atoms with Crippen LogP contribution in [-0.2, 0) is 9.45 Å². The van der Waals surface area contributed by atoms with E-state index in [1.165, 1.54) is 7.62 Å². The quantitative estimate of drug-likeness (QED) is 0.604. The molecule has 0 aromatic heterocycles. The first-order valence-corrected chi connectivity index (χ1v) is 3.71. The maximum absolute atomic E-state index is 11.1. The molecule has 0 saturated carbocycles. The van der Waals surface area contributed by atoms with Crippen molar-refractivity contribution >= 4 is 13.6 Å². The first kappa shape index (κ1) is 7.37. The van der Waals surface area contributed by atoms with Crippen molar-refractivity contribution in [3.8, 4) is 0 Å². The average molecular weight is 160 g/mol. The van der Waals surface area contributed by atoms with Crippen LogP contribution in [0.3, 0.4) is 0 Å².